The fraction of sp³-hybridized carbons (Fsp3) is 0.600. The van der Waals surface area contributed by atoms with E-state index in [0.29, 0.717) is 22.6 Å². The van der Waals surface area contributed by atoms with Crippen LogP contribution in [0.15, 0.2) is 47.4 Å². The Morgan fingerprint density at radius 2 is 1.61 bits per heavy atom. The fourth-order valence-electron chi connectivity index (χ4n) is 4.98. The molecule has 2 aromatic carbocycles. The third-order valence-electron chi connectivity index (χ3n) is 7.39. The molecule has 1 fully saturated rings. The molecule has 0 amide bonds. The van der Waals surface area contributed by atoms with Gasteiger partial charge >= 0.3 is 0 Å². The second-order valence-electron chi connectivity index (χ2n) is 10.3. The van der Waals surface area contributed by atoms with Crippen LogP contribution in [0.3, 0.4) is 0 Å². The number of aromatic hydroxyl groups is 1. The molecule has 1 saturated carbocycles. The molecule has 1 atom stereocenters. The van der Waals surface area contributed by atoms with Gasteiger partial charge in [-0.25, -0.2) is 8.42 Å². The lowest BCUT2D eigenvalue weighted by atomic mass is 10.1. The zero-order chi connectivity index (χ0) is 27.2. The zero-order valence-corrected chi connectivity index (χ0v) is 23.3. The Balaban J connectivity index is 1.15. The van der Waals surface area contributed by atoms with Gasteiger partial charge in [0.05, 0.1) is 22.9 Å². The van der Waals surface area contributed by atoms with Crippen LogP contribution in [-0.4, -0.2) is 55.3 Å². The number of unbranched alkanes of at least 4 members (excludes halogenated alkanes) is 4. The molecular formula is C30H45NO6S. The molecule has 0 saturated heterocycles. The van der Waals surface area contributed by atoms with Gasteiger partial charge in [-0.3, -0.25) is 0 Å². The molecule has 3 rings (SSSR count). The zero-order valence-electron chi connectivity index (χ0n) is 22.5. The highest BCUT2D eigenvalue weighted by Gasteiger charge is 2.30. The van der Waals surface area contributed by atoms with E-state index in [4.69, 9.17) is 4.74 Å². The number of ether oxygens (including phenoxy) is 1. The standard InChI is InChI=1S/C30H45NO6S/c32-23-26-21-25(14-17-29(26)33)30(34)22-31-18-6-1-2-7-19-37-20-8-5-9-24-12-15-28(16-13-24)38(35,36)27-10-3-4-11-27/h12-17,21,27,30-34H,1-11,18-20,22-23H2. The molecule has 4 N–H and O–H groups in total. The number of aliphatic hydroxyl groups is 2. The van der Waals surface area contributed by atoms with Crippen LogP contribution in [0.2, 0.25) is 0 Å². The van der Waals surface area contributed by atoms with Gasteiger partial charge in [0, 0.05) is 25.3 Å². The molecule has 1 aliphatic rings. The SMILES string of the molecule is O=S(=O)(c1ccc(CCCCOCCCCCCNCC(O)c2ccc(O)c(CO)c2)cc1)C1CCCC1. The summed E-state index contributed by atoms with van der Waals surface area (Å²) in [6.07, 6.45) is 10.2. The summed E-state index contributed by atoms with van der Waals surface area (Å²) in [5, 5.41) is 32.2. The van der Waals surface area contributed by atoms with Crippen LogP contribution < -0.4 is 5.32 Å². The van der Waals surface area contributed by atoms with Crippen LogP contribution in [0.25, 0.3) is 0 Å². The Bertz CT molecular complexity index is 1050. The summed E-state index contributed by atoms with van der Waals surface area (Å²) in [4.78, 5) is 0.469. The average molecular weight is 548 g/mol. The molecule has 212 valence electrons. The minimum Gasteiger partial charge on any atom is -0.508 e. The number of benzene rings is 2. The number of sulfone groups is 1. The molecule has 1 aliphatic carbocycles. The Morgan fingerprint density at radius 3 is 2.32 bits per heavy atom. The van der Waals surface area contributed by atoms with Gasteiger partial charge in [-0.1, -0.05) is 43.9 Å². The maximum absolute atomic E-state index is 12.7. The monoisotopic (exact) mass is 547 g/mol. The summed E-state index contributed by atoms with van der Waals surface area (Å²) in [7, 11) is -3.17. The van der Waals surface area contributed by atoms with Crippen molar-refractivity contribution in [3.8, 4) is 5.75 Å². The first kappa shape index (κ1) is 30.6. The first-order valence-electron chi connectivity index (χ1n) is 14.1. The van der Waals surface area contributed by atoms with Crippen LogP contribution in [0.5, 0.6) is 5.75 Å². The average Bonchev–Trinajstić information content (AvgIpc) is 3.48. The molecule has 0 aliphatic heterocycles. The van der Waals surface area contributed by atoms with Crippen LogP contribution in [0, 0.1) is 0 Å². The smallest absolute Gasteiger partial charge is 0.181 e. The number of aliphatic hydroxyl groups excluding tert-OH is 2. The molecule has 0 radical (unpaired) electrons. The molecule has 1 unspecified atom stereocenters. The molecule has 0 heterocycles. The lowest BCUT2D eigenvalue weighted by Crippen LogP contribution is -2.22. The number of phenols is 1. The molecule has 38 heavy (non-hydrogen) atoms. The van der Waals surface area contributed by atoms with Gasteiger partial charge in [0.25, 0.3) is 0 Å². The third-order valence-corrected chi connectivity index (χ3v) is 9.66. The highest BCUT2D eigenvalue weighted by molar-refractivity contribution is 7.92. The van der Waals surface area contributed by atoms with E-state index in [1.165, 1.54) is 11.6 Å². The highest BCUT2D eigenvalue weighted by atomic mass is 32.2. The maximum atomic E-state index is 12.7. The summed E-state index contributed by atoms with van der Waals surface area (Å²) >= 11 is 0. The van der Waals surface area contributed by atoms with Crippen molar-refractivity contribution < 1.29 is 28.5 Å². The summed E-state index contributed by atoms with van der Waals surface area (Å²) < 4.78 is 31.1. The first-order chi connectivity index (χ1) is 18.4. The molecular weight excluding hydrogens is 502 g/mol. The van der Waals surface area contributed by atoms with Crippen LogP contribution in [-0.2, 0) is 27.6 Å². The Labute approximate surface area is 228 Å². The number of nitrogens with one attached hydrogen (secondary N) is 1. The summed E-state index contributed by atoms with van der Waals surface area (Å²) in [5.74, 6) is 0.0385. The van der Waals surface area contributed by atoms with Crippen LogP contribution in [0.1, 0.15) is 87.0 Å². The van der Waals surface area contributed by atoms with E-state index in [1.807, 2.05) is 12.1 Å². The minimum absolute atomic E-state index is 0.0385. The van der Waals surface area contributed by atoms with Crippen molar-refractivity contribution in [3.63, 3.8) is 0 Å². The van der Waals surface area contributed by atoms with Gasteiger partial charge in [-0.2, -0.15) is 0 Å². The maximum Gasteiger partial charge on any atom is 0.181 e. The van der Waals surface area contributed by atoms with Crippen molar-refractivity contribution in [1.29, 1.82) is 0 Å². The predicted octanol–water partition coefficient (Wildman–Crippen LogP) is 4.82. The summed E-state index contributed by atoms with van der Waals surface area (Å²) in [5.41, 5.74) is 2.27. The van der Waals surface area contributed by atoms with E-state index in [9.17, 15) is 23.7 Å². The summed E-state index contributed by atoms with van der Waals surface area (Å²) in [6.45, 7) is 2.53. The molecule has 0 bridgehead atoms. The Kier molecular flexibility index (Phi) is 13.0. The van der Waals surface area contributed by atoms with Gasteiger partial charge in [-0.05, 0) is 86.9 Å². The van der Waals surface area contributed by atoms with E-state index < -0.39 is 15.9 Å². The highest BCUT2D eigenvalue weighted by Crippen LogP contribution is 2.29. The molecule has 7 nitrogen and oxygen atoms in total. The van der Waals surface area contributed by atoms with Crippen molar-refractivity contribution in [2.45, 2.75) is 93.5 Å². The molecule has 0 spiro atoms. The second kappa shape index (κ2) is 16.2. The normalized spacial score (nSPS) is 15.2. The largest absolute Gasteiger partial charge is 0.508 e. The van der Waals surface area contributed by atoms with Crippen molar-refractivity contribution in [2.24, 2.45) is 0 Å². The topological polar surface area (TPSA) is 116 Å². The molecule has 2 aromatic rings. The van der Waals surface area contributed by atoms with Gasteiger partial charge < -0.3 is 25.4 Å². The van der Waals surface area contributed by atoms with E-state index in [0.717, 1.165) is 90.4 Å². The predicted molar refractivity (Wildman–Crippen MR) is 150 cm³/mol. The fourth-order valence-corrected chi connectivity index (χ4v) is 6.83. The number of aryl methyl sites for hydroxylation is 1. The lowest BCUT2D eigenvalue weighted by Gasteiger charge is -2.14. The van der Waals surface area contributed by atoms with Gasteiger partial charge in [0.2, 0.25) is 0 Å². The number of hydrogen-bond acceptors (Lipinski definition) is 7. The van der Waals surface area contributed by atoms with Crippen molar-refractivity contribution in [3.05, 3.63) is 59.2 Å². The van der Waals surface area contributed by atoms with E-state index in [2.05, 4.69) is 5.32 Å². The molecule has 0 aromatic heterocycles. The van der Waals surface area contributed by atoms with Crippen LogP contribution in [0.4, 0.5) is 0 Å². The second-order valence-corrected chi connectivity index (χ2v) is 12.6. The third kappa shape index (κ3) is 9.65. The van der Waals surface area contributed by atoms with Crippen molar-refractivity contribution >= 4 is 9.84 Å². The van der Waals surface area contributed by atoms with E-state index in [-0.39, 0.29) is 17.6 Å². The number of hydrogen-bond donors (Lipinski definition) is 4. The van der Waals surface area contributed by atoms with Gasteiger partial charge in [0.15, 0.2) is 9.84 Å². The first-order valence-corrected chi connectivity index (χ1v) is 15.7. The van der Waals surface area contributed by atoms with Gasteiger partial charge in [-0.15, -0.1) is 0 Å². The lowest BCUT2D eigenvalue weighted by molar-refractivity contribution is 0.126. The number of rotatable bonds is 18. The quantitative estimate of drug-likeness (QED) is 0.198. The van der Waals surface area contributed by atoms with E-state index in [1.54, 1.807) is 24.3 Å². The van der Waals surface area contributed by atoms with Crippen LogP contribution >= 0.6 is 0 Å². The molecule has 8 heteroatoms. The van der Waals surface area contributed by atoms with Crippen molar-refractivity contribution in [1.82, 2.24) is 5.32 Å². The van der Waals surface area contributed by atoms with Crippen molar-refractivity contribution in [2.75, 3.05) is 26.3 Å². The minimum atomic E-state index is -3.17. The summed E-state index contributed by atoms with van der Waals surface area (Å²) in [6, 6.07) is 12.3. The van der Waals surface area contributed by atoms with E-state index >= 15 is 0 Å². The Morgan fingerprint density at radius 1 is 0.921 bits per heavy atom. The van der Waals surface area contributed by atoms with Gasteiger partial charge in [0.1, 0.15) is 5.75 Å². The Hall–Kier alpha value is -1.97.